The lowest BCUT2D eigenvalue weighted by Crippen LogP contribution is -2.36. The second-order valence-corrected chi connectivity index (χ2v) is 5.46. The molecule has 5 nitrogen and oxygen atoms in total. The molecular weight excluding hydrogens is 278 g/mol. The number of nitrogens with one attached hydrogen (secondary N) is 1. The van der Waals surface area contributed by atoms with E-state index in [-0.39, 0.29) is 0 Å². The van der Waals surface area contributed by atoms with Gasteiger partial charge in [0.25, 0.3) is 0 Å². The molecule has 0 amide bonds. The Hall–Kier alpha value is -1.85. The number of morpholine rings is 1. The third-order valence-electron chi connectivity index (χ3n) is 3.84. The molecule has 1 aliphatic heterocycles. The first kappa shape index (κ1) is 15.1. The highest BCUT2D eigenvalue weighted by Gasteiger charge is 2.23. The Morgan fingerprint density at radius 1 is 1.18 bits per heavy atom. The van der Waals surface area contributed by atoms with Gasteiger partial charge in [0, 0.05) is 25.2 Å². The van der Waals surface area contributed by atoms with Gasteiger partial charge in [-0.1, -0.05) is 42.4 Å². The van der Waals surface area contributed by atoms with Crippen molar-refractivity contribution in [3.8, 4) is 11.3 Å². The average Bonchev–Trinajstić information content (AvgIpc) is 3.01. The molecule has 1 aliphatic rings. The Morgan fingerprint density at radius 2 is 1.95 bits per heavy atom. The molecule has 1 aromatic heterocycles. The van der Waals surface area contributed by atoms with E-state index in [9.17, 15) is 0 Å². The van der Waals surface area contributed by atoms with E-state index in [0.29, 0.717) is 0 Å². The van der Waals surface area contributed by atoms with Gasteiger partial charge in [-0.3, -0.25) is 0 Å². The van der Waals surface area contributed by atoms with E-state index in [0.717, 1.165) is 68.5 Å². The van der Waals surface area contributed by atoms with Crippen LogP contribution in [0, 0.1) is 0 Å². The van der Waals surface area contributed by atoms with Crippen molar-refractivity contribution < 1.29 is 9.26 Å². The minimum atomic E-state index is 0.739. The first-order valence-corrected chi connectivity index (χ1v) is 7.97. The van der Waals surface area contributed by atoms with Crippen LogP contribution in [0.15, 0.2) is 34.9 Å². The molecule has 0 bridgehead atoms. The molecule has 118 valence electrons. The Balaban J connectivity index is 1.90. The van der Waals surface area contributed by atoms with Gasteiger partial charge in [0.2, 0.25) is 5.88 Å². The molecule has 22 heavy (non-hydrogen) atoms. The number of aromatic nitrogens is 1. The topological polar surface area (TPSA) is 50.5 Å². The maximum atomic E-state index is 5.70. The van der Waals surface area contributed by atoms with Gasteiger partial charge in [-0.05, 0) is 13.0 Å². The molecule has 0 spiro atoms. The molecule has 0 aliphatic carbocycles. The molecule has 1 saturated heterocycles. The predicted molar refractivity (Wildman–Crippen MR) is 87.0 cm³/mol. The van der Waals surface area contributed by atoms with E-state index in [1.165, 1.54) is 0 Å². The van der Waals surface area contributed by atoms with Crippen molar-refractivity contribution in [1.29, 1.82) is 0 Å². The fourth-order valence-corrected chi connectivity index (χ4v) is 2.69. The maximum Gasteiger partial charge on any atom is 0.232 e. The van der Waals surface area contributed by atoms with Crippen molar-refractivity contribution in [1.82, 2.24) is 10.5 Å². The van der Waals surface area contributed by atoms with Crippen LogP contribution in [-0.4, -0.2) is 38.0 Å². The second kappa shape index (κ2) is 7.42. The van der Waals surface area contributed by atoms with Crippen molar-refractivity contribution in [2.45, 2.75) is 19.9 Å². The Morgan fingerprint density at radius 3 is 2.68 bits per heavy atom. The van der Waals surface area contributed by atoms with E-state index in [1.54, 1.807) is 0 Å². The molecule has 1 aromatic carbocycles. The Kier molecular flexibility index (Phi) is 5.08. The van der Waals surface area contributed by atoms with Gasteiger partial charge in [-0.25, -0.2) is 0 Å². The summed E-state index contributed by atoms with van der Waals surface area (Å²) in [6, 6.07) is 10.2. The summed E-state index contributed by atoms with van der Waals surface area (Å²) in [5.74, 6) is 0.880. The molecule has 0 saturated carbocycles. The first-order chi connectivity index (χ1) is 10.9. The largest absolute Gasteiger partial charge is 0.378 e. The van der Waals surface area contributed by atoms with Gasteiger partial charge in [0.05, 0.1) is 18.8 Å². The van der Waals surface area contributed by atoms with Crippen molar-refractivity contribution in [2.24, 2.45) is 0 Å². The highest BCUT2D eigenvalue weighted by molar-refractivity contribution is 5.68. The van der Waals surface area contributed by atoms with E-state index in [1.807, 2.05) is 18.2 Å². The van der Waals surface area contributed by atoms with Crippen molar-refractivity contribution >= 4 is 5.88 Å². The maximum absolute atomic E-state index is 5.70. The summed E-state index contributed by atoms with van der Waals surface area (Å²) in [6.45, 7) is 7.11. The highest BCUT2D eigenvalue weighted by atomic mass is 16.5. The normalized spacial score (nSPS) is 15.2. The average molecular weight is 301 g/mol. The lowest BCUT2D eigenvalue weighted by Gasteiger charge is -2.26. The van der Waals surface area contributed by atoms with Crippen LogP contribution in [0.25, 0.3) is 11.3 Å². The standard InChI is InChI=1S/C17H23N3O2/c1-2-8-18-13-15-16(14-6-4-3-5-7-14)19-22-17(15)20-9-11-21-12-10-20/h3-7,18H,2,8-13H2,1H3. The van der Waals surface area contributed by atoms with Crippen molar-refractivity contribution in [2.75, 3.05) is 37.7 Å². The van der Waals surface area contributed by atoms with Gasteiger partial charge < -0.3 is 19.5 Å². The summed E-state index contributed by atoms with van der Waals surface area (Å²) < 4.78 is 11.1. The lowest BCUT2D eigenvalue weighted by atomic mass is 10.1. The summed E-state index contributed by atoms with van der Waals surface area (Å²) in [6.07, 6.45) is 1.11. The molecule has 0 radical (unpaired) electrons. The van der Waals surface area contributed by atoms with Crippen LogP contribution in [0.3, 0.4) is 0 Å². The van der Waals surface area contributed by atoms with E-state index >= 15 is 0 Å². The smallest absolute Gasteiger partial charge is 0.232 e. The quantitative estimate of drug-likeness (QED) is 0.831. The van der Waals surface area contributed by atoms with Crippen LogP contribution in [0.4, 0.5) is 5.88 Å². The van der Waals surface area contributed by atoms with Gasteiger partial charge in [0.15, 0.2) is 0 Å². The minimum Gasteiger partial charge on any atom is -0.378 e. The van der Waals surface area contributed by atoms with Crippen LogP contribution < -0.4 is 10.2 Å². The zero-order valence-corrected chi connectivity index (χ0v) is 13.0. The fourth-order valence-electron chi connectivity index (χ4n) is 2.69. The molecule has 5 heteroatoms. The number of hydrogen-bond acceptors (Lipinski definition) is 5. The van der Waals surface area contributed by atoms with Gasteiger partial charge in [-0.2, -0.15) is 0 Å². The summed E-state index contributed by atoms with van der Waals surface area (Å²) in [4.78, 5) is 2.23. The predicted octanol–water partition coefficient (Wildman–Crippen LogP) is 2.68. The monoisotopic (exact) mass is 301 g/mol. The molecular formula is C17H23N3O2. The molecule has 0 atom stereocenters. The van der Waals surface area contributed by atoms with Crippen molar-refractivity contribution in [3.63, 3.8) is 0 Å². The second-order valence-electron chi connectivity index (χ2n) is 5.46. The third-order valence-corrected chi connectivity index (χ3v) is 3.84. The number of hydrogen-bond donors (Lipinski definition) is 1. The summed E-state index contributed by atoms with van der Waals surface area (Å²) >= 11 is 0. The number of nitrogens with zero attached hydrogens (tertiary/aromatic N) is 2. The molecule has 3 rings (SSSR count). The Labute approximate surface area is 131 Å². The number of ether oxygens (including phenoxy) is 1. The summed E-state index contributed by atoms with van der Waals surface area (Å²) in [5, 5.41) is 7.81. The molecule has 2 aromatic rings. The van der Waals surface area contributed by atoms with E-state index < -0.39 is 0 Å². The van der Waals surface area contributed by atoms with Gasteiger partial charge >= 0.3 is 0 Å². The number of anilines is 1. The zero-order valence-electron chi connectivity index (χ0n) is 13.0. The lowest BCUT2D eigenvalue weighted by molar-refractivity contribution is 0.120. The number of rotatable bonds is 6. The Bertz CT molecular complexity index is 577. The summed E-state index contributed by atoms with van der Waals surface area (Å²) in [5.41, 5.74) is 3.17. The zero-order chi connectivity index (χ0) is 15.2. The molecule has 2 heterocycles. The molecule has 1 fully saturated rings. The van der Waals surface area contributed by atoms with Crippen LogP contribution in [-0.2, 0) is 11.3 Å². The summed E-state index contributed by atoms with van der Waals surface area (Å²) in [7, 11) is 0. The minimum absolute atomic E-state index is 0.739. The van der Waals surface area contributed by atoms with Crippen LogP contribution in [0.5, 0.6) is 0 Å². The highest BCUT2D eigenvalue weighted by Crippen LogP contribution is 2.31. The number of benzene rings is 1. The van der Waals surface area contributed by atoms with Crippen LogP contribution in [0.1, 0.15) is 18.9 Å². The van der Waals surface area contributed by atoms with Crippen LogP contribution >= 0.6 is 0 Å². The van der Waals surface area contributed by atoms with Crippen LogP contribution in [0.2, 0.25) is 0 Å². The van der Waals surface area contributed by atoms with E-state index in [4.69, 9.17) is 9.26 Å². The molecule has 0 unspecified atom stereocenters. The molecule has 1 N–H and O–H groups in total. The van der Waals surface area contributed by atoms with Crippen molar-refractivity contribution in [3.05, 3.63) is 35.9 Å². The first-order valence-electron chi connectivity index (χ1n) is 7.97. The SMILES string of the molecule is CCCNCc1c(-c2ccccc2)noc1N1CCOCC1. The van der Waals surface area contributed by atoms with E-state index in [2.05, 4.69) is 34.4 Å². The van der Waals surface area contributed by atoms with Gasteiger partial charge in [0.1, 0.15) is 5.69 Å². The third kappa shape index (κ3) is 3.31. The van der Waals surface area contributed by atoms with Gasteiger partial charge in [-0.15, -0.1) is 0 Å². The fraction of sp³-hybridized carbons (Fsp3) is 0.471.